The Morgan fingerprint density at radius 1 is 0.826 bits per heavy atom. The fourth-order valence-corrected chi connectivity index (χ4v) is 3.36. The van der Waals surface area contributed by atoms with Crippen LogP contribution in [-0.2, 0) is 0 Å². The van der Waals surface area contributed by atoms with Gasteiger partial charge in [-0.05, 0) is 86.1 Å². The van der Waals surface area contributed by atoms with E-state index < -0.39 is 0 Å². The summed E-state index contributed by atoms with van der Waals surface area (Å²) in [7, 11) is 0. The molecular formula is C21H26N2. The number of fused-ring (bicyclic) bond motifs is 1. The Kier molecular flexibility index (Phi) is 3.79. The van der Waals surface area contributed by atoms with Crippen LogP contribution >= 0.6 is 0 Å². The second-order valence-electron chi connectivity index (χ2n) is 7.02. The van der Waals surface area contributed by atoms with Crippen LogP contribution in [0.1, 0.15) is 53.1 Å². The average Bonchev–Trinajstić information content (AvgIpc) is 2.93. The molecule has 0 aliphatic carbocycles. The molecule has 0 saturated carbocycles. The van der Waals surface area contributed by atoms with Crippen LogP contribution in [0.4, 0.5) is 0 Å². The van der Waals surface area contributed by atoms with E-state index in [0.717, 1.165) is 16.9 Å². The molecule has 23 heavy (non-hydrogen) atoms. The van der Waals surface area contributed by atoms with Crippen LogP contribution in [0.3, 0.4) is 0 Å². The third kappa shape index (κ3) is 2.46. The van der Waals surface area contributed by atoms with Gasteiger partial charge in [-0.25, -0.2) is 4.98 Å². The minimum Gasteiger partial charge on any atom is -0.338 e. The van der Waals surface area contributed by atoms with Crippen LogP contribution in [0.15, 0.2) is 18.2 Å². The monoisotopic (exact) mass is 306 g/mol. The summed E-state index contributed by atoms with van der Waals surface area (Å²) < 4.78 is 0. The third-order valence-electron chi connectivity index (χ3n) is 5.41. The number of rotatable bonds is 2. The summed E-state index contributed by atoms with van der Waals surface area (Å²) >= 11 is 0. The molecule has 0 aliphatic rings. The van der Waals surface area contributed by atoms with Crippen molar-refractivity contribution in [1.82, 2.24) is 9.97 Å². The second-order valence-corrected chi connectivity index (χ2v) is 7.02. The summed E-state index contributed by atoms with van der Waals surface area (Å²) in [5.74, 6) is 1.51. The summed E-state index contributed by atoms with van der Waals surface area (Å²) in [5.41, 5.74) is 11.5. The number of benzene rings is 2. The van der Waals surface area contributed by atoms with E-state index in [1.807, 2.05) is 0 Å². The largest absolute Gasteiger partial charge is 0.338 e. The smallest absolute Gasteiger partial charge is 0.139 e. The van der Waals surface area contributed by atoms with Gasteiger partial charge in [0.25, 0.3) is 0 Å². The quantitative estimate of drug-likeness (QED) is 0.627. The van der Waals surface area contributed by atoms with Crippen LogP contribution in [0.5, 0.6) is 0 Å². The highest BCUT2D eigenvalue weighted by molar-refractivity contribution is 5.82. The zero-order valence-electron chi connectivity index (χ0n) is 15.3. The number of aromatic nitrogens is 2. The average molecular weight is 306 g/mol. The zero-order valence-corrected chi connectivity index (χ0v) is 15.3. The predicted molar refractivity (Wildman–Crippen MR) is 99.3 cm³/mol. The fourth-order valence-electron chi connectivity index (χ4n) is 3.36. The van der Waals surface area contributed by atoms with E-state index in [1.165, 1.54) is 38.9 Å². The molecule has 0 unspecified atom stereocenters. The Morgan fingerprint density at radius 2 is 1.39 bits per heavy atom. The first kappa shape index (κ1) is 15.8. The summed E-state index contributed by atoms with van der Waals surface area (Å²) in [4.78, 5) is 8.43. The highest BCUT2D eigenvalue weighted by Gasteiger charge is 2.16. The van der Waals surface area contributed by atoms with Gasteiger partial charge >= 0.3 is 0 Å². The van der Waals surface area contributed by atoms with Gasteiger partial charge in [0.2, 0.25) is 0 Å². The molecular weight excluding hydrogens is 280 g/mol. The van der Waals surface area contributed by atoms with E-state index in [2.05, 4.69) is 71.6 Å². The Bertz CT molecular complexity index is 869. The van der Waals surface area contributed by atoms with Gasteiger partial charge in [0.15, 0.2) is 0 Å². The van der Waals surface area contributed by atoms with Crippen molar-refractivity contribution in [3.8, 4) is 11.4 Å². The van der Waals surface area contributed by atoms with Gasteiger partial charge in [-0.15, -0.1) is 0 Å². The van der Waals surface area contributed by atoms with E-state index in [9.17, 15) is 0 Å². The summed E-state index contributed by atoms with van der Waals surface area (Å²) in [6.45, 7) is 15.5. The molecule has 1 aromatic heterocycles. The molecule has 1 N–H and O–H groups in total. The van der Waals surface area contributed by atoms with Crippen molar-refractivity contribution in [2.75, 3.05) is 0 Å². The van der Waals surface area contributed by atoms with Crippen molar-refractivity contribution in [3.63, 3.8) is 0 Å². The third-order valence-corrected chi connectivity index (χ3v) is 5.41. The standard InChI is InChI=1S/C21H26N2/c1-11(2)17-8-9-18-19(10-17)23-21(22-18)20-15(6)13(4)12(3)14(5)16(20)7/h8-11H,1-7H3,(H,22,23). The van der Waals surface area contributed by atoms with Crippen LogP contribution < -0.4 is 0 Å². The van der Waals surface area contributed by atoms with Gasteiger partial charge < -0.3 is 4.98 Å². The maximum atomic E-state index is 4.90. The molecule has 0 saturated heterocycles. The first-order valence-electron chi connectivity index (χ1n) is 8.38. The molecule has 0 aliphatic heterocycles. The summed E-state index contributed by atoms with van der Waals surface area (Å²) in [6, 6.07) is 6.55. The van der Waals surface area contributed by atoms with Gasteiger partial charge in [-0.3, -0.25) is 0 Å². The van der Waals surface area contributed by atoms with Gasteiger partial charge in [0.05, 0.1) is 11.0 Å². The number of H-pyrrole nitrogens is 1. The van der Waals surface area contributed by atoms with Gasteiger partial charge in [-0.2, -0.15) is 0 Å². The molecule has 0 atom stereocenters. The molecule has 0 spiro atoms. The number of nitrogens with one attached hydrogen (secondary N) is 1. The minimum absolute atomic E-state index is 0.520. The molecule has 1 heterocycles. The summed E-state index contributed by atoms with van der Waals surface area (Å²) in [6.07, 6.45) is 0. The van der Waals surface area contributed by atoms with Gasteiger partial charge in [0.1, 0.15) is 5.82 Å². The normalized spacial score (nSPS) is 11.7. The molecule has 0 amide bonds. The lowest BCUT2D eigenvalue weighted by molar-refractivity contribution is 0.868. The molecule has 0 radical (unpaired) electrons. The fraction of sp³-hybridized carbons (Fsp3) is 0.381. The Morgan fingerprint density at radius 3 is 1.96 bits per heavy atom. The van der Waals surface area contributed by atoms with E-state index in [-0.39, 0.29) is 0 Å². The maximum Gasteiger partial charge on any atom is 0.139 e. The molecule has 3 rings (SSSR count). The lowest BCUT2D eigenvalue weighted by Gasteiger charge is -2.17. The molecule has 0 fully saturated rings. The van der Waals surface area contributed by atoms with E-state index in [0.29, 0.717) is 5.92 Å². The molecule has 2 aromatic carbocycles. The highest BCUT2D eigenvalue weighted by Crippen LogP contribution is 2.33. The maximum absolute atomic E-state index is 4.90. The molecule has 0 bridgehead atoms. The van der Waals surface area contributed by atoms with Crippen molar-refractivity contribution in [2.45, 2.75) is 54.4 Å². The summed E-state index contributed by atoms with van der Waals surface area (Å²) in [5, 5.41) is 0. The number of hydrogen-bond acceptors (Lipinski definition) is 1. The van der Waals surface area contributed by atoms with Crippen LogP contribution in [-0.4, -0.2) is 9.97 Å². The number of imidazole rings is 1. The number of aromatic amines is 1. The number of hydrogen-bond donors (Lipinski definition) is 1. The predicted octanol–water partition coefficient (Wildman–Crippen LogP) is 5.90. The van der Waals surface area contributed by atoms with Crippen molar-refractivity contribution in [1.29, 1.82) is 0 Å². The highest BCUT2D eigenvalue weighted by atomic mass is 14.9. The van der Waals surface area contributed by atoms with Crippen LogP contribution in [0, 0.1) is 34.6 Å². The lowest BCUT2D eigenvalue weighted by atomic mass is 9.89. The zero-order chi connectivity index (χ0) is 16.9. The first-order chi connectivity index (χ1) is 10.8. The van der Waals surface area contributed by atoms with Crippen molar-refractivity contribution >= 4 is 11.0 Å². The molecule has 2 nitrogen and oxygen atoms in total. The van der Waals surface area contributed by atoms with Crippen molar-refractivity contribution < 1.29 is 0 Å². The van der Waals surface area contributed by atoms with Gasteiger partial charge in [-0.1, -0.05) is 19.9 Å². The molecule has 120 valence electrons. The minimum atomic E-state index is 0.520. The van der Waals surface area contributed by atoms with Crippen molar-refractivity contribution in [2.24, 2.45) is 0 Å². The lowest BCUT2D eigenvalue weighted by Crippen LogP contribution is -2.00. The Labute approximate surface area is 139 Å². The second kappa shape index (κ2) is 5.52. The topological polar surface area (TPSA) is 28.7 Å². The van der Waals surface area contributed by atoms with E-state index in [1.54, 1.807) is 0 Å². The van der Waals surface area contributed by atoms with Crippen molar-refractivity contribution in [3.05, 3.63) is 51.6 Å². The van der Waals surface area contributed by atoms with E-state index in [4.69, 9.17) is 4.98 Å². The Hall–Kier alpha value is -2.09. The molecule has 3 aromatic rings. The number of nitrogens with zero attached hydrogens (tertiary/aromatic N) is 1. The van der Waals surface area contributed by atoms with Crippen LogP contribution in [0.25, 0.3) is 22.4 Å². The first-order valence-corrected chi connectivity index (χ1v) is 8.38. The van der Waals surface area contributed by atoms with E-state index >= 15 is 0 Å². The van der Waals surface area contributed by atoms with Crippen LogP contribution in [0.2, 0.25) is 0 Å². The molecule has 2 heteroatoms. The SMILES string of the molecule is Cc1c(C)c(C)c(-c2nc3cc(C(C)C)ccc3[nH]2)c(C)c1C. The van der Waals surface area contributed by atoms with Gasteiger partial charge in [0, 0.05) is 5.56 Å². The Balaban J connectivity index is 2.25.